The van der Waals surface area contributed by atoms with Gasteiger partial charge >= 0.3 is 5.69 Å². The molecule has 2 heterocycles. The van der Waals surface area contributed by atoms with Crippen LogP contribution in [-0.4, -0.2) is 24.7 Å². The number of anilines is 1. The maximum absolute atomic E-state index is 11.0. The van der Waals surface area contributed by atoms with Crippen LogP contribution in [0.4, 0.5) is 11.5 Å². The highest BCUT2D eigenvalue weighted by Crippen LogP contribution is 2.30. The molecule has 0 atom stereocenters. The highest BCUT2D eigenvalue weighted by molar-refractivity contribution is 5.74. The molecule has 0 bridgehead atoms. The van der Waals surface area contributed by atoms with Gasteiger partial charge in [0.05, 0.1) is 11.1 Å². The van der Waals surface area contributed by atoms with Gasteiger partial charge in [-0.05, 0) is 6.42 Å². The lowest BCUT2D eigenvalue weighted by molar-refractivity contribution is -0.383. The Labute approximate surface area is 103 Å². The summed E-state index contributed by atoms with van der Waals surface area (Å²) in [5, 5.41) is 15.1. The van der Waals surface area contributed by atoms with Gasteiger partial charge in [-0.15, -0.1) is 0 Å². The number of nitrogen functional groups attached to an aromatic ring is 1. The smallest absolute Gasteiger partial charge is 0.337 e. The number of rotatable bonds is 4. The molecule has 0 saturated heterocycles. The van der Waals surface area contributed by atoms with E-state index in [9.17, 15) is 10.1 Å². The number of nitrogens with two attached hydrogens (primary N) is 1. The number of hydrogen-bond acceptors (Lipinski definition) is 6. The fourth-order valence-corrected chi connectivity index (χ4v) is 1.62. The van der Waals surface area contributed by atoms with E-state index >= 15 is 0 Å². The number of hydrogen-bond donors (Lipinski definition) is 1. The maximum Gasteiger partial charge on any atom is 0.337 e. The van der Waals surface area contributed by atoms with Crippen molar-refractivity contribution in [3.8, 4) is 11.3 Å². The molecule has 0 aliphatic rings. The summed E-state index contributed by atoms with van der Waals surface area (Å²) >= 11 is 0. The van der Waals surface area contributed by atoms with Crippen LogP contribution in [0.3, 0.4) is 0 Å². The fourth-order valence-electron chi connectivity index (χ4n) is 1.62. The van der Waals surface area contributed by atoms with Crippen LogP contribution in [0.5, 0.6) is 0 Å². The van der Waals surface area contributed by atoms with E-state index in [-0.39, 0.29) is 17.2 Å². The molecule has 0 saturated carbocycles. The maximum atomic E-state index is 11.0. The first kappa shape index (κ1) is 12.0. The zero-order valence-corrected chi connectivity index (χ0v) is 9.78. The van der Waals surface area contributed by atoms with Crippen molar-refractivity contribution in [2.75, 3.05) is 5.73 Å². The van der Waals surface area contributed by atoms with Crippen molar-refractivity contribution in [1.82, 2.24) is 19.7 Å². The van der Waals surface area contributed by atoms with Crippen LogP contribution in [-0.2, 0) is 6.54 Å². The minimum Gasteiger partial charge on any atom is -0.378 e. The standard InChI is InChI=1S/C10H12N6O2/c1-2-3-15-5-7(4-14-15)8-9(16(17)18)10(11)13-6-12-8/h4-6H,2-3H2,1H3,(H2,11,12,13). The van der Waals surface area contributed by atoms with Gasteiger partial charge in [-0.2, -0.15) is 5.10 Å². The van der Waals surface area contributed by atoms with Gasteiger partial charge in [-0.25, -0.2) is 9.97 Å². The molecule has 94 valence electrons. The molecule has 0 spiro atoms. The van der Waals surface area contributed by atoms with Crippen molar-refractivity contribution < 1.29 is 4.92 Å². The lowest BCUT2D eigenvalue weighted by Gasteiger charge is -2.00. The highest BCUT2D eigenvalue weighted by atomic mass is 16.6. The lowest BCUT2D eigenvalue weighted by atomic mass is 10.2. The predicted octanol–water partition coefficient (Wildman–Crippen LogP) is 1.24. The first-order chi connectivity index (χ1) is 8.63. The molecule has 2 aromatic rings. The number of nitro groups is 1. The molecule has 0 radical (unpaired) electrons. The Kier molecular flexibility index (Phi) is 3.18. The number of aromatic nitrogens is 4. The normalized spacial score (nSPS) is 10.5. The SMILES string of the molecule is CCCn1cc(-c2ncnc(N)c2[N+](=O)[O-])cn1. The van der Waals surface area contributed by atoms with Gasteiger partial charge in [0.1, 0.15) is 6.33 Å². The molecular weight excluding hydrogens is 236 g/mol. The van der Waals surface area contributed by atoms with Gasteiger partial charge in [0.25, 0.3) is 0 Å². The Hall–Kier alpha value is -2.51. The first-order valence-electron chi connectivity index (χ1n) is 5.41. The highest BCUT2D eigenvalue weighted by Gasteiger charge is 2.22. The van der Waals surface area contributed by atoms with E-state index in [1.807, 2.05) is 6.92 Å². The zero-order valence-electron chi connectivity index (χ0n) is 9.78. The van der Waals surface area contributed by atoms with Crippen molar-refractivity contribution in [3.63, 3.8) is 0 Å². The predicted molar refractivity (Wildman–Crippen MR) is 64.6 cm³/mol. The van der Waals surface area contributed by atoms with Gasteiger partial charge in [0.15, 0.2) is 5.69 Å². The molecule has 8 nitrogen and oxygen atoms in total. The summed E-state index contributed by atoms with van der Waals surface area (Å²) in [5.74, 6) is -0.145. The van der Waals surface area contributed by atoms with Gasteiger partial charge in [-0.1, -0.05) is 6.92 Å². The van der Waals surface area contributed by atoms with Crippen molar-refractivity contribution in [1.29, 1.82) is 0 Å². The Morgan fingerprint density at radius 2 is 2.28 bits per heavy atom. The van der Waals surface area contributed by atoms with Crippen LogP contribution in [0.1, 0.15) is 13.3 Å². The van der Waals surface area contributed by atoms with Crippen LogP contribution in [0.15, 0.2) is 18.7 Å². The Balaban J connectivity index is 2.49. The van der Waals surface area contributed by atoms with Crippen LogP contribution >= 0.6 is 0 Å². The third-order valence-corrected chi connectivity index (χ3v) is 2.39. The summed E-state index contributed by atoms with van der Waals surface area (Å²) in [6, 6.07) is 0. The van der Waals surface area contributed by atoms with Gasteiger partial charge in [-0.3, -0.25) is 14.8 Å². The minimum absolute atomic E-state index is 0.145. The second kappa shape index (κ2) is 4.78. The van der Waals surface area contributed by atoms with E-state index in [1.54, 1.807) is 10.9 Å². The summed E-state index contributed by atoms with van der Waals surface area (Å²) in [6.45, 7) is 2.76. The third-order valence-electron chi connectivity index (χ3n) is 2.39. The molecule has 0 aliphatic carbocycles. The van der Waals surface area contributed by atoms with Crippen LogP contribution in [0, 0.1) is 10.1 Å². The topological polar surface area (TPSA) is 113 Å². The number of nitrogens with zero attached hydrogens (tertiary/aromatic N) is 5. The van der Waals surface area contributed by atoms with E-state index in [0.717, 1.165) is 13.0 Å². The average molecular weight is 248 g/mol. The molecular formula is C10H12N6O2. The van der Waals surface area contributed by atoms with Gasteiger partial charge in [0, 0.05) is 18.3 Å². The van der Waals surface area contributed by atoms with Crippen molar-refractivity contribution in [3.05, 3.63) is 28.8 Å². The summed E-state index contributed by atoms with van der Waals surface area (Å²) < 4.78 is 1.71. The molecule has 0 aromatic carbocycles. The second-order valence-electron chi connectivity index (χ2n) is 3.71. The van der Waals surface area contributed by atoms with Gasteiger partial charge < -0.3 is 5.73 Å². The summed E-state index contributed by atoms with van der Waals surface area (Å²) in [5.41, 5.74) is 5.97. The van der Waals surface area contributed by atoms with Crippen molar-refractivity contribution >= 4 is 11.5 Å². The van der Waals surface area contributed by atoms with Crippen LogP contribution in [0.25, 0.3) is 11.3 Å². The molecule has 0 aliphatic heterocycles. The molecule has 18 heavy (non-hydrogen) atoms. The quantitative estimate of drug-likeness (QED) is 0.643. The second-order valence-corrected chi connectivity index (χ2v) is 3.71. The fraction of sp³-hybridized carbons (Fsp3) is 0.300. The van der Waals surface area contributed by atoms with E-state index < -0.39 is 4.92 Å². The minimum atomic E-state index is -0.582. The largest absolute Gasteiger partial charge is 0.378 e. The first-order valence-corrected chi connectivity index (χ1v) is 5.41. The Morgan fingerprint density at radius 3 is 2.94 bits per heavy atom. The van der Waals surface area contributed by atoms with Crippen molar-refractivity contribution in [2.45, 2.75) is 19.9 Å². The van der Waals surface area contributed by atoms with E-state index in [2.05, 4.69) is 15.1 Å². The molecule has 0 unspecified atom stereocenters. The Morgan fingerprint density at radius 1 is 1.50 bits per heavy atom. The van der Waals surface area contributed by atoms with Crippen molar-refractivity contribution in [2.24, 2.45) is 0 Å². The molecule has 2 rings (SSSR count). The lowest BCUT2D eigenvalue weighted by Crippen LogP contribution is -2.02. The number of aryl methyl sites for hydroxylation is 1. The molecule has 2 aromatic heterocycles. The average Bonchev–Trinajstić information content (AvgIpc) is 2.77. The summed E-state index contributed by atoms with van der Waals surface area (Å²) in [4.78, 5) is 17.9. The summed E-state index contributed by atoms with van der Waals surface area (Å²) in [6.07, 6.45) is 5.37. The third kappa shape index (κ3) is 2.12. The molecule has 2 N–H and O–H groups in total. The zero-order chi connectivity index (χ0) is 13.1. The van der Waals surface area contributed by atoms with Crippen LogP contribution in [0.2, 0.25) is 0 Å². The van der Waals surface area contributed by atoms with E-state index in [0.29, 0.717) is 5.56 Å². The molecule has 8 heteroatoms. The molecule has 0 fully saturated rings. The van der Waals surface area contributed by atoms with E-state index in [4.69, 9.17) is 5.73 Å². The molecule has 0 amide bonds. The van der Waals surface area contributed by atoms with Gasteiger partial charge in [0.2, 0.25) is 5.82 Å². The Bertz CT molecular complexity index is 579. The monoisotopic (exact) mass is 248 g/mol. The van der Waals surface area contributed by atoms with E-state index in [1.165, 1.54) is 12.5 Å². The van der Waals surface area contributed by atoms with Crippen LogP contribution < -0.4 is 5.73 Å². The summed E-state index contributed by atoms with van der Waals surface area (Å²) in [7, 11) is 0.